The Kier molecular flexibility index (Phi) is 5.42. The van der Waals surface area contributed by atoms with Gasteiger partial charge in [0.05, 0.1) is 19.9 Å². The van der Waals surface area contributed by atoms with Crippen molar-refractivity contribution in [3.63, 3.8) is 0 Å². The van der Waals surface area contributed by atoms with Crippen LogP contribution < -0.4 is 14.8 Å². The van der Waals surface area contributed by atoms with Gasteiger partial charge in [-0.2, -0.15) is 5.26 Å². The van der Waals surface area contributed by atoms with Crippen LogP contribution in [0.25, 0.3) is 6.08 Å². The number of benzene rings is 2. The summed E-state index contributed by atoms with van der Waals surface area (Å²) in [6, 6.07) is 13.2. The maximum atomic E-state index is 12.3. The summed E-state index contributed by atoms with van der Waals surface area (Å²) in [7, 11) is 2.97. The van der Waals surface area contributed by atoms with E-state index >= 15 is 0 Å². The molecule has 1 amide bonds. The highest BCUT2D eigenvalue weighted by Crippen LogP contribution is 2.26. The highest BCUT2D eigenvalue weighted by molar-refractivity contribution is 6.10. The summed E-state index contributed by atoms with van der Waals surface area (Å²) in [6.45, 7) is 0. The second kappa shape index (κ2) is 7.70. The first-order valence-corrected chi connectivity index (χ1v) is 7.02. The number of nitrogens with one attached hydrogen (secondary N) is 1. The third kappa shape index (κ3) is 3.84. The van der Waals surface area contributed by atoms with E-state index in [0.29, 0.717) is 22.7 Å². The zero-order valence-electron chi connectivity index (χ0n) is 13.2. The molecule has 2 aromatic rings. The number of methoxy groups -OCH3 is 2. The summed E-state index contributed by atoms with van der Waals surface area (Å²) in [5.41, 5.74) is 0.589. The summed E-state index contributed by atoms with van der Waals surface area (Å²) in [4.78, 5) is 12.3. The third-order valence-electron chi connectivity index (χ3n) is 3.25. The second-order valence-corrected chi connectivity index (χ2v) is 4.75. The van der Waals surface area contributed by atoms with Gasteiger partial charge in [0.25, 0.3) is 5.91 Å². The van der Waals surface area contributed by atoms with Crippen molar-refractivity contribution >= 4 is 17.7 Å². The zero-order valence-corrected chi connectivity index (χ0v) is 13.2. The number of hydrogen-bond acceptors (Lipinski definition) is 5. The molecule has 0 radical (unpaired) electrons. The average molecular weight is 324 g/mol. The Morgan fingerprint density at radius 1 is 1.21 bits per heavy atom. The predicted octanol–water partition coefficient (Wildman–Crippen LogP) is 2.96. The quantitative estimate of drug-likeness (QED) is 0.652. The lowest BCUT2D eigenvalue weighted by atomic mass is 10.1. The first-order chi connectivity index (χ1) is 11.6. The first-order valence-electron chi connectivity index (χ1n) is 7.02. The fourth-order valence-electron chi connectivity index (χ4n) is 2.02. The standard InChI is InChI=1S/C18H16N2O4/c1-23-14-7-8-16(21)12(10-14)9-13(11-19)18(22)20-15-5-3-4-6-17(15)24-2/h3-10,21H,1-2H3,(H,20,22)/b13-9+. The lowest BCUT2D eigenvalue weighted by molar-refractivity contribution is -0.112. The molecule has 0 aliphatic carbocycles. The molecule has 0 unspecified atom stereocenters. The lowest BCUT2D eigenvalue weighted by Gasteiger charge is -2.09. The molecule has 0 fully saturated rings. The Labute approximate surface area is 139 Å². The molecule has 24 heavy (non-hydrogen) atoms. The number of rotatable bonds is 5. The van der Waals surface area contributed by atoms with Crippen molar-refractivity contribution < 1.29 is 19.4 Å². The van der Waals surface area contributed by atoms with Gasteiger partial charge in [0, 0.05) is 5.56 Å². The second-order valence-electron chi connectivity index (χ2n) is 4.75. The molecule has 6 heteroatoms. The molecule has 0 spiro atoms. The van der Waals surface area contributed by atoms with Crippen molar-refractivity contribution in [1.29, 1.82) is 5.26 Å². The first kappa shape index (κ1) is 16.9. The van der Waals surface area contributed by atoms with Gasteiger partial charge in [-0.15, -0.1) is 0 Å². The van der Waals surface area contributed by atoms with Crippen LogP contribution in [0.2, 0.25) is 0 Å². The maximum absolute atomic E-state index is 12.3. The van der Waals surface area contributed by atoms with Gasteiger partial charge < -0.3 is 19.9 Å². The van der Waals surface area contributed by atoms with Crippen molar-refractivity contribution in [3.8, 4) is 23.3 Å². The largest absolute Gasteiger partial charge is 0.507 e. The van der Waals surface area contributed by atoms with Crippen LogP contribution >= 0.6 is 0 Å². The summed E-state index contributed by atoms with van der Waals surface area (Å²) in [5.74, 6) is 0.312. The van der Waals surface area contributed by atoms with Gasteiger partial charge in [0.2, 0.25) is 0 Å². The summed E-state index contributed by atoms with van der Waals surface area (Å²) >= 11 is 0. The molecular formula is C18H16N2O4. The van der Waals surface area contributed by atoms with Gasteiger partial charge in [0.15, 0.2) is 0 Å². The predicted molar refractivity (Wildman–Crippen MR) is 89.9 cm³/mol. The number of nitrogens with zero attached hydrogens (tertiary/aromatic N) is 1. The van der Waals surface area contributed by atoms with E-state index in [2.05, 4.69) is 5.32 Å². The molecule has 6 nitrogen and oxygen atoms in total. The van der Waals surface area contributed by atoms with Gasteiger partial charge in [0.1, 0.15) is 28.9 Å². The van der Waals surface area contributed by atoms with Crippen LogP contribution in [0.3, 0.4) is 0 Å². The van der Waals surface area contributed by atoms with Crippen molar-refractivity contribution in [1.82, 2.24) is 0 Å². The van der Waals surface area contributed by atoms with Crippen LogP contribution in [-0.2, 0) is 4.79 Å². The minimum atomic E-state index is -0.607. The molecule has 0 aromatic heterocycles. The fourth-order valence-corrected chi connectivity index (χ4v) is 2.02. The Morgan fingerprint density at radius 3 is 2.62 bits per heavy atom. The van der Waals surface area contributed by atoms with Crippen molar-refractivity contribution in [2.24, 2.45) is 0 Å². The minimum absolute atomic E-state index is 0.0614. The van der Waals surface area contributed by atoms with Gasteiger partial charge in [-0.25, -0.2) is 0 Å². The average Bonchev–Trinajstić information content (AvgIpc) is 2.61. The smallest absolute Gasteiger partial charge is 0.266 e. The van der Waals surface area contributed by atoms with Gasteiger partial charge in [-0.3, -0.25) is 4.79 Å². The number of para-hydroxylation sites is 2. The maximum Gasteiger partial charge on any atom is 0.266 e. The molecule has 0 aliphatic heterocycles. The van der Waals surface area contributed by atoms with Crippen LogP contribution in [-0.4, -0.2) is 25.2 Å². The number of phenolic OH excluding ortho intramolecular Hbond substituents is 1. The zero-order chi connectivity index (χ0) is 17.5. The van der Waals surface area contributed by atoms with Gasteiger partial charge in [-0.1, -0.05) is 12.1 Å². The van der Waals surface area contributed by atoms with Crippen LogP contribution in [0.4, 0.5) is 5.69 Å². The summed E-state index contributed by atoms with van der Waals surface area (Å²) in [5, 5.41) is 21.7. The number of carbonyl (C=O) groups is 1. The Morgan fingerprint density at radius 2 is 1.96 bits per heavy atom. The van der Waals surface area contributed by atoms with E-state index in [4.69, 9.17) is 9.47 Å². The summed E-state index contributed by atoms with van der Waals surface area (Å²) < 4.78 is 10.2. The van der Waals surface area contributed by atoms with E-state index in [1.54, 1.807) is 30.3 Å². The van der Waals surface area contributed by atoms with Gasteiger partial charge >= 0.3 is 0 Å². The fraction of sp³-hybridized carbons (Fsp3) is 0.111. The SMILES string of the molecule is COc1ccc(O)c(/C=C(\C#N)C(=O)Nc2ccccc2OC)c1. The van der Waals surface area contributed by atoms with Crippen molar-refractivity contribution in [2.45, 2.75) is 0 Å². The number of anilines is 1. The van der Waals surface area contributed by atoms with E-state index in [1.807, 2.05) is 6.07 Å². The van der Waals surface area contributed by atoms with Gasteiger partial charge in [-0.05, 0) is 36.4 Å². The Bertz CT molecular complexity index is 822. The number of carbonyl (C=O) groups excluding carboxylic acids is 1. The molecule has 0 aliphatic rings. The van der Waals surface area contributed by atoms with E-state index in [-0.39, 0.29) is 11.3 Å². The number of phenols is 1. The molecule has 0 atom stereocenters. The van der Waals surface area contributed by atoms with E-state index < -0.39 is 5.91 Å². The Hall–Kier alpha value is -3.46. The molecule has 2 rings (SSSR count). The van der Waals surface area contributed by atoms with E-state index in [0.717, 1.165) is 0 Å². The number of hydrogen-bond donors (Lipinski definition) is 2. The molecule has 2 N–H and O–H groups in total. The van der Waals surface area contributed by atoms with Crippen LogP contribution in [0.5, 0.6) is 17.2 Å². The Balaban J connectivity index is 2.31. The van der Waals surface area contributed by atoms with Crippen molar-refractivity contribution in [3.05, 3.63) is 53.6 Å². The highest BCUT2D eigenvalue weighted by Gasteiger charge is 2.13. The lowest BCUT2D eigenvalue weighted by Crippen LogP contribution is -2.14. The molecule has 0 bridgehead atoms. The highest BCUT2D eigenvalue weighted by atomic mass is 16.5. The number of amides is 1. The van der Waals surface area contributed by atoms with Crippen molar-refractivity contribution in [2.75, 3.05) is 19.5 Å². The number of ether oxygens (including phenoxy) is 2. The molecule has 2 aromatic carbocycles. The molecule has 0 saturated carbocycles. The monoisotopic (exact) mass is 324 g/mol. The van der Waals surface area contributed by atoms with Crippen LogP contribution in [0, 0.1) is 11.3 Å². The normalized spacial score (nSPS) is 10.6. The van der Waals surface area contributed by atoms with Crippen LogP contribution in [0.15, 0.2) is 48.0 Å². The van der Waals surface area contributed by atoms with E-state index in [9.17, 15) is 15.2 Å². The number of nitriles is 1. The molecule has 0 saturated heterocycles. The minimum Gasteiger partial charge on any atom is -0.507 e. The molecule has 122 valence electrons. The topological polar surface area (TPSA) is 91.6 Å². The van der Waals surface area contributed by atoms with Crippen LogP contribution in [0.1, 0.15) is 5.56 Å². The third-order valence-corrected chi connectivity index (χ3v) is 3.25. The van der Waals surface area contributed by atoms with E-state index in [1.165, 1.54) is 32.4 Å². The summed E-state index contributed by atoms with van der Waals surface area (Å²) in [6.07, 6.45) is 1.29. The molecule has 0 heterocycles. The number of aromatic hydroxyl groups is 1. The molecular weight excluding hydrogens is 308 g/mol.